The molecule has 7 nitrogen and oxygen atoms in total. The highest BCUT2D eigenvalue weighted by Crippen LogP contribution is 2.19. The molecule has 0 saturated heterocycles. The van der Waals surface area contributed by atoms with E-state index in [2.05, 4.69) is 65.9 Å². The van der Waals surface area contributed by atoms with Gasteiger partial charge < -0.3 is 10.6 Å². The number of nitrogens with zero attached hydrogens (tertiary/aromatic N) is 5. The largest absolute Gasteiger partial charge is 0.325 e. The number of anilines is 2. The molecule has 4 heterocycles. The zero-order chi connectivity index (χ0) is 21.8. The molecule has 32 heavy (non-hydrogen) atoms. The molecule has 0 amide bonds. The fourth-order valence-electron chi connectivity index (χ4n) is 3.62. The summed E-state index contributed by atoms with van der Waals surface area (Å²) in [6.07, 6.45) is 6.38. The van der Waals surface area contributed by atoms with E-state index in [1.165, 1.54) is 16.7 Å². The normalized spacial score (nSPS) is 13.1. The summed E-state index contributed by atoms with van der Waals surface area (Å²) in [5.74, 6) is 2.67. The molecular weight excluding hydrogens is 398 g/mol. The van der Waals surface area contributed by atoms with Gasteiger partial charge in [0.1, 0.15) is 23.2 Å². The average molecular weight is 422 g/mol. The number of pyridine rings is 1. The Bertz CT molecular complexity index is 1270. The van der Waals surface area contributed by atoms with E-state index in [0.29, 0.717) is 23.9 Å². The Morgan fingerprint density at radius 1 is 0.875 bits per heavy atom. The lowest BCUT2D eigenvalue weighted by atomic mass is 10.0. The number of hydrogen-bond donors (Lipinski definition) is 2. The highest BCUT2D eigenvalue weighted by atomic mass is 15.1. The predicted molar refractivity (Wildman–Crippen MR) is 125 cm³/mol. The summed E-state index contributed by atoms with van der Waals surface area (Å²) >= 11 is 0. The third-order valence-electron chi connectivity index (χ3n) is 5.23. The van der Waals surface area contributed by atoms with Crippen LogP contribution in [0.5, 0.6) is 0 Å². The quantitative estimate of drug-likeness (QED) is 0.487. The molecule has 1 aliphatic rings. The van der Waals surface area contributed by atoms with E-state index in [-0.39, 0.29) is 0 Å². The van der Waals surface area contributed by atoms with Gasteiger partial charge in [-0.2, -0.15) is 0 Å². The minimum absolute atomic E-state index is 0.570. The summed E-state index contributed by atoms with van der Waals surface area (Å²) < 4.78 is 0. The number of hydrogen-bond acceptors (Lipinski definition) is 7. The van der Waals surface area contributed by atoms with Crippen LogP contribution in [0.4, 0.5) is 11.6 Å². The van der Waals surface area contributed by atoms with Crippen molar-refractivity contribution in [2.45, 2.75) is 13.3 Å². The zero-order valence-electron chi connectivity index (χ0n) is 17.8. The van der Waals surface area contributed by atoms with E-state index in [9.17, 15) is 0 Å². The van der Waals surface area contributed by atoms with E-state index in [1.807, 2.05) is 37.3 Å². The van der Waals surface area contributed by atoms with Crippen molar-refractivity contribution in [3.8, 4) is 11.5 Å². The Morgan fingerprint density at radius 2 is 1.69 bits per heavy atom. The van der Waals surface area contributed by atoms with E-state index in [1.54, 1.807) is 12.4 Å². The molecule has 0 unspecified atom stereocenters. The van der Waals surface area contributed by atoms with Gasteiger partial charge in [-0.3, -0.25) is 0 Å². The second-order valence-electron chi connectivity index (χ2n) is 7.65. The molecule has 0 bridgehead atoms. The van der Waals surface area contributed by atoms with Crippen LogP contribution in [0.2, 0.25) is 0 Å². The Kier molecular flexibility index (Phi) is 5.63. The zero-order valence-corrected chi connectivity index (χ0v) is 17.8. The summed E-state index contributed by atoms with van der Waals surface area (Å²) in [6, 6.07) is 18.1. The third kappa shape index (κ3) is 4.68. The van der Waals surface area contributed by atoms with Crippen LogP contribution >= 0.6 is 0 Å². The van der Waals surface area contributed by atoms with Crippen molar-refractivity contribution in [3.63, 3.8) is 0 Å². The van der Waals surface area contributed by atoms with Crippen molar-refractivity contribution in [2.75, 3.05) is 18.4 Å². The van der Waals surface area contributed by atoms with Crippen LogP contribution < -0.4 is 10.6 Å². The Labute approximate surface area is 186 Å². The molecule has 0 atom stereocenters. The van der Waals surface area contributed by atoms with Crippen molar-refractivity contribution in [2.24, 2.45) is 0 Å². The summed E-state index contributed by atoms with van der Waals surface area (Å²) in [5, 5.41) is 6.59. The second kappa shape index (κ2) is 9.03. The standard InChI is InChI=1S/C25H23N7/c1-17-3-2-4-21(29-17)25-28-14-11-23(32-25)30-22-10-13-27-24(31-22)15-18-5-7-19(8-6-18)20-9-12-26-16-20/h2-11,13-14,26H,12,15-16H2,1H3,(H,27,28,30,31,32). The van der Waals surface area contributed by atoms with Crippen molar-refractivity contribution in [1.29, 1.82) is 0 Å². The minimum atomic E-state index is 0.570. The Hall–Kier alpha value is -3.97. The molecule has 2 N–H and O–H groups in total. The van der Waals surface area contributed by atoms with Crippen LogP contribution in [-0.2, 0) is 6.42 Å². The highest BCUT2D eigenvalue weighted by Gasteiger charge is 2.08. The monoisotopic (exact) mass is 421 g/mol. The van der Waals surface area contributed by atoms with Crippen LogP contribution in [0, 0.1) is 6.92 Å². The van der Waals surface area contributed by atoms with Crippen LogP contribution in [0.15, 0.2) is 73.1 Å². The van der Waals surface area contributed by atoms with E-state index in [4.69, 9.17) is 0 Å². The van der Waals surface area contributed by atoms with Crippen LogP contribution in [0.25, 0.3) is 17.1 Å². The number of aryl methyl sites for hydroxylation is 1. The van der Waals surface area contributed by atoms with Gasteiger partial charge in [0.15, 0.2) is 5.82 Å². The lowest BCUT2D eigenvalue weighted by Gasteiger charge is -2.08. The van der Waals surface area contributed by atoms with Crippen LogP contribution in [0.1, 0.15) is 22.6 Å². The minimum Gasteiger partial charge on any atom is -0.325 e. The van der Waals surface area contributed by atoms with Gasteiger partial charge in [-0.05, 0) is 47.9 Å². The van der Waals surface area contributed by atoms with E-state index >= 15 is 0 Å². The molecule has 0 radical (unpaired) electrons. The van der Waals surface area contributed by atoms with Gasteiger partial charge in [0, 0.05) is 37.6 Å². The highest BCUT2D eigenvalue weighted by molar-refractivity contribution is 5.69. The summed E-state index contributed by atoms with van der Waals surface area (Å²) in [7, 11) is 0. The smallest absolute Gasteiger partial charge is 0.180 e. The lowest BCUT2D eigenvalue weighted by molar-refractivity contribution is 0.897. The predicted octanol–water partition coefficient (Wildman–Crippen LogP) is 3.96. The first-order valence-electron chi connectivity index (χ1n) is 10.6. The molecule has 3 aromatic heterocycles. The molecule has 0 aliphatic carbocycles. The van der Waals surface area contributed by atoms with Gasteiger partial charge in [-0.1, -0.05) is 36.4 Å². The second-order valence-corrected chi connectivity index (χ2v) is 7.65. The first-order chi connectivity index (χ1) is 15.7. The summed E-state index contributed by atoms with van der Waals surface area (Å²) in [6.45, 7) is 3.83. The van der Waals surface area contributed by atoms with Crippen molar-refractivity contribution < 1.29 is 0 Å². The molecule has 7 heteroatoms. The molecule has 5 rings (SSSR count). The third-order valence-corrected chi connectivity index (χ3v) is 5.23. The SMILES string of the molecule is Cc1cccc(-c2nccc(Nc3ccnc(Cc4ccc(C5=CCNC5)cc4)n3)n2)n1. The maximum atomic E-state index is 4.66. The maximum absolute atomic E-state index is 4.66. The van der Waals surface area contributed by atoms with Gasteiger partial charge in [-0.15, -0.1) is 0 Å². The van der Waals surface area contributed by atoms with Crippen LogP contribution in [-0.4, -0.2) is 38.0 Å². The van der Waals surface area contributed by atoms with Gasteiger partial charge in [0.05, 0.1) is 0 Å². The fraction of sp³-hybridized carbons (Fsp3) is 0.160. The number of nitrogens with one attached hydrogen (secondary N) is 2. The Balaban J connectivity index is 1.30. The first-order valence-corrected chi connectivity index (χ1v) is 10.6. The molecular formula is C25H23N7. The Morgan fingerprint density at radius 3 is 2.47 bits per heavy atom. The van der Waals surface area contributed by atoms with E-state index in [0.717, 1.165) is 30.3 Å². The molecule has 1 aliphatic heterocycles. The average Bonchev–Trinajstić information content (AvgIpc) is 3.35. The fourth-order valence-corrected chi connectivity index (χ4v) is 3.62. The summed E-state index contributed by atoms with van der Waals surface area (Å²) in [4.78, 5) is 22.5. The molecule has 0 saturated carbocycles. The van der Waals surface area contributed by atoms with Gasteiger partial charge in [-0.25, -0.2) is 24.9 Å². The van der Waals surface area contributed by atoms with Crippen molar-refractivity contribution in [1.82, 2.24) is 30.2 Å². The maximum Gasteiger partial charge on any atom is 0.180 e. The van der Waals surface area contributed by atoms with E-state index < -0.39 is 0 Å². The molecule has 4 aromatic rings. The van der Waals surface area contributed by atoms with Crippen LogP contribution in [0.3, 0.4) is 0 Å². The van der Waals surface area contributed by atoms with Gasteiger partial charge in [0.2, 0.25) is 0 Å². The number of benzene rings is 1. The van der Waals surface area contributed by atoms with Gasteiger partial charge >= 0.3 is 0 Å². The number of rotatable bonds is 6. The topological polar surface area (TPSA) is 88.5 Å². The first kappa shape index (κ1) is 20.0. The molecule has 1 aromatic carbocycles. The van der Waals surface area contributed by atoms with Crippen molar-refractivity contribution >= 4 is 17.2 Å². The molecule has 158 valence electrons. The van der Waals surface area contributed by atoms with Crippen molar-refractivity contribution in [3.05, 3.63) is 95.7 Å². The summed E-state index contributed by atoms with van der Waals surface area (Å²) in [5.41, 5.74) is 5.45. The molecule has 0 spiro atoms. The van der Waals surface area contributed by atoms with Gasteiger partial charge in [0.25, 0.3) is 0 Å². The number of aromatic nitrogens is 5. The molecule has 0 fully saturated rings. The lowest BCUT2D eigenvalue weighted by Crippen LogP contribution is -2.07.